The summed E-state index contributed by atoms with van der Waals surface area (Å²) in [5.74, 6) is -12.5. The van der Waals surface area contributed by atoms with E-state index in [0.717, 1.165) is 10.9 Å². The van der Waals surface area contributed by atoms with E-state index in [2.05, 4.69) is 47.5 Å². The average molecular weight is 1160 g/mol. The van der Waals surface area contributed by atoms with E-state index >= 15 is 0 Å². The number of benzene rings is 2. The Labute approximate surface area is 478 Å². The van der Waals surface area contributed by atoms with Crippen LogP contribution in [0.15, 0.2) is 54.7 Å². The highest BCUT2D eigenvalue weighted by molar-refractivity contribution is 5.99. The van der Waals surface area contributed by atoms with Crippen molar-refractivity contribution in [1.29, 1.82) is 0 Å². The molecule has 28 heteroatoms. The van der Waals surface area contributed by atoms with Crippen LogP contribution in [0, 0.1) is 11.8 Å². The fourth-order valence-electron chi connectivity index (χ4n) is 9.15. The fraction of sp³-hybridized carbons (Fsp3) is 0.527. The standard InChI is InChI=1S/C55H77N11O17/c1-28(2)21-38(50(77)64-41(55(82)83)24-32-25-57-36-10-7-6-9-34(32)36)61-51(78)39(23-31-12-14-33(68)15-13-31)62-52(79)42(27-67)65-49(76)37(17-19-46(72)73)60-53(80)43-11-8-20-66(43)54(81)40(22-29(3)4)63-47(74)30(5)59-44(69)26-58-48(75)35(56)16-18-45(70)71/h6-7,9-10,12-15,25,28-30,35,37-43,57,67-68H,8,11,16-24,26-27,56H2,1-5H3,(H,58,75)(H,59,69)(H,60,80)(H,61,78)(H,62,79)(H,63,74)(H,64,77)(H,65,76)(H,70,71)(H,72,73)(H,82,83). The number of hydrogen-bond acceptors (Lipinski definition) is 15. The number of carbonyl (C=O) groups is 12. The number of para-hydroxylation sites is 1. The van der Waals surface area contributed by atoms with E-state index in [9.17, 15) is 78.0 Å². The fourth-order valence-corrected chi connectivity index (χ4v) is 9.15. The molecular weight excluding hydrogens is 1090 g/mol. The maximum Gasteiger partial charge on any atom is 0.326 e. The number of carboxylic acids is 3. The maximum absolute atomic E-state index is 14.3. The molecule has 3 aromatic rings. The highest BCUT2D eigenvalue weighted by Crippen LogP contribution is 2.23. The van der Waals surface area contributed by atoms with Crippen LogP contribution < -0.4 is 48.3 Å². The number of carboxylic acid groups (broad SMARTS) is 3. The number of aliphatic carboxylic acids is 3. The van der Waals surface area contributed by atoms with Gasteiger partial charge < -0.3 is 83.7 Å². The third kappa shape index (κ3) is 21.3. The minimum absolute atomic E-state index is 0.0147. The van der Waals surface area contributed by atoms with Gasteiger partial charge in [-0.25, -0.2) is 4.79 Å². The Kier molecular flexibility index (Phi) is 25.9. The third-order valence-electron chi connectivity index (χ3n) is 13.5. The van der Waals surface area contributed by atoms with Crippen LogP contribution in [0.1, 0.15) is 97.1 Å². The van der Waals surface area contributed by atoms with E-state index in [1.165, 1.54) is 36.1 Å². The molecule has 83 heavy (non-hydrogen) atoms. The number of H-pyrrole nitrogens is 1. The van der Waals surface area contributed by atoms with Gasteiger partial charge in [-0.2, -0.15) is 0 Å². The predicted octanol–water partition coefficient (Wildman–Crippen LogP) is -1.59. The van der Waals surface area contributed by atoms with E-state index in [0.29, 0.717) is 17.5 Å². The molecule has 2 heterocycles. The summed E-state index contributed by atoms with van der Waals surface area (Å²) in [7, 11) is 0. The van der Waals surface area contributed by atoms with Crippen molar-refractivity contribution in [2.45, 2.75) is 153 Å². The molecule has 1 saturated heterocycles. The molecule has 4 rings (SSSR count). The number of aromatic amines is 1. The molecule has 2 aromatic carbocycles. The number of hydrogen-bond donors (Lipinski definition) is 15. The van der Waals surface area contributed by atoms with E-state index in [1.54, 1.807) is 58.2 Å². The number of aliphatic hydroxyl groups excluding tert-OH is 1. The van der Waals surface area contributed by atoms with Gasteiger partial charge in [0, 0.05) is 49.3 Å². The van der Waals surface area contributed by atoms with Crippen molar-refractivity contribution in [3.8, 4) is 5.75 Å². The molecule has 9 unspecified atom stereocenters. The van der Waals surface area contributed by atoms with Gasteiger partial charge in [-0.15, -0.1) is 0 Å². The molecule has 16 N–H and O–H groups in total. The lowest BCUT2D eigenvalue weighted by Crippen LogP contribution is -2.61. The van der Waals surface area contributed by atoms with Crippen molar-refractivity contribution in [3.05, 3.63) is 65.9 Å². The summed E-state index contributed by atoms with van der Waals surface area (Å²) >= 11 is 0. The number of nitrogens with zero attached hydrogens (tertiary/aromatic N) is 1. The Morgan fingerprint density at radius 3 is 1.81 bits per heavy atom. The van der Waals surface area contributed by atoms with Crippen LogP contribution in [-0.4, -0.2) is 181 Å². The van der Waals surface area contributed by atoms with Crippen LogP contribution in [0.2, 0.25) is 0 Å². The topological polar surface area (TPSA) is 447 Å². The number of aromatic hydroxyl groups is 1. The number of fused-ring (bicyclic) bond motifs is 1. The monoisotopic (exact) mass is 1160 g/mol. The van der Waals surface area contributed by atoms with Gasteiger partial charge in [-0.3, -0.25) is 52.7 Å². The van der Waals surface area contributed by atoms with Crippen LogP contribution in [0.4, 0.5) is 0 Å². The quantitative estimate of drug-likeness (QED) is 0.0327. The van der Waals surface area contributed by atoms with E-state index in [1.807, 2.05) is 0 Å². The van der Waals surface area contributed by atoms with Gasteiger partial charge in [0.15, 0.2) is 0 Å². The summed E-state index contributed by atoms with van der Waals surface area (Å²) in [5, 5.41) is 69.4. The molecule has 454 valence electrons. The maximum atomic E-state index is 14.3. The minimum Gasteiger partial charge on any atom is -0.508 e. The van der Waals surface area contributed by atoms with Crippen LogP contribution >= 0.6 is 0 Å². The second-order valence-electron chi connectivity index (χ2n) is 21.2. The first-order valence-electron chi connectivity index (χ1n) is 27.2. The Balaban J connectivity index is 1.48. The molecule has 9 amide bonds. The number of carbonyl (C=O) groups excluding carboxylic acids is 9. The van der Waals surface area contributed by atoms with Gasteiger partial charge in [0.1, 0.15) is 54.1 Å². The number of nitrogens with one attached hydrogen (secondary N) is 9. The van der Waals surface area contributed by atoms with Gasteiger partial charge in [0.2, 0.25) is 53.2 Å². The van der Waals surface area contributed by atoms with Crippen molar-refractivity contribution in [1.82, 2.24) is 52.4 Å². The average Bonchev–Trinajstić information content (AvgIpc) is 4.06. The van der Waals surface area contributed by atoms with E-state index < -0.39 is 151 Å². The zero-order valence-corrected chi connectivity index (χ0v) is 46.9. The van der Waals surface area contributed by atoms with Gasteiger partial charge in [0.05, 0.1) is 19.2 Å². The van der Waals surface area contributed by atoms with Crippen LogP contribution in [0.5, 0.6) is 5.75 Å². The van der Waals surface area contributed by atoms with Crippen molar-refractivity contribution in [3.63, 3.8) is 0 Å². The molecule has 9 atom stereocenters. The number of aliphatic hydroxyl groups is 1. The van der Waals surface area contributed by atoms with Crippen molar-refractivity contribution in [2.24, 2.45) is 17.6 Å². The summed E-state index contributed by atoms with van der Waals surface area (Å²) in [5.41, 5.74) is 7.43. The molecule has 0 radical (unpaired) electrons. The van der Waals surface area contributed by atoms with Crippen LogP contribution in [0.3, 0.4) is 0 Å². The van der Waals surface area contributed by atoms with E-state index in [-0.39, 0.29) is 69.1 Å². The molecule has 1 aromatic heterocycles. The van der Waals surface area contributed by atoms with Crippen molar-refractivity contribution in [2.75, 3.05) is 19.7 Å². The summed E-state index contributed by atoms with van der Waals surface area (Å²) < 4.78 is 0. The highest BCUT2D eigenvalue weighted by Gasteiger charge is 2.40. The molecule has 1 fully saturated rings. The molecule has 1 aliphatic rings. The Hall–Kier alpha value is -8.66. The molecule has 28 nitrogen and oxygen atoms in total. The van der Waals surface area contributed by atoms with Crippen molar-refractivity contribution >= 4 is 82.0 Å². The van der Waals surface area contributed by atoms with E-state index in [4.69, 9.17) is 10.8 Å². The zero-order chi connectivity index (χ0) is 61.7. The number of nitrogens with two attached hydrogens (primary N) is 1. The Bertz CT molecular complexity index is 2810. The summed E-state index contributed by atoms with van der Waals surface area (Å²) in [4.78, 5) is 162. The second kappa shape index (κ2) is 32.1. The molecule has 0 saturated carbocycles. The summed E-state index contributed by atoms with van der Waals surface area (Å²) in [6.45, 7) is 6.71. The lowest BCUT2D eigenvalue weighted by molar-refractivity contribution is -0.143. The molecule has 1 aliphatic heterocycles. The Morgan fingerprint density at radius 1 is 0.627 bits per heavy atom. The second-order valence-corrected chi connectivity index (χ2v) is 21.2. The molecule has 0 spiro atoms. The zero-order valence-electron chi connectivity index (χ0n) is 46.9. The van der Waals surface area contributed by atoms with Gasteiger partial charge in [0.25, 0.3) is 0 Å². The predicted molar refractivity (Wildman–Crippen MR) is 296 cm³/mol. The number of aromatic nitrogens is 1. The van der Waals surface area contributed by atoms with Crippen molar-refractivity contribution < 1.29 is 83.1 Å². The molecular formula is C55H77N11O17. The number of phenolic OH excluding ortho intramolecular Hbond substituents is 1. The lowest BCUT2D eigenvalue weighted by atomic mass is 9.99. The number of rotatable bonds is 33. The smallest absolute Gasteiger partial charge is 0.326 e. The first kappa shape index (κ1) is 66.8. The first-order chi connectivity index (χ1) is 39.2. The van der Waals surface area contributed by atoms with Crippen LogP contribution in [-0.2, 0) is 70.4 Å². The lowest BCUT2D eigenvalue weighted by Gasteiger charge is -2.31. The van der Waals surface area contributed by atoms with Gasteiger partial charge >= 0.3 is 17.9 Å². The van der Waals surface area contributed by atoms with Gasteiger partial charge in [-0.1, -0.05) is 58.0 Å². The Morgan fingerprint density at radius 2 is 1.18 bits per heavy atom. The normalized spacial score (nSPS) is 16.0. The third-order valence-corrected chi connectivity index (χ3v) is 13.5. The number of phenols is 1. The number of amides is 9. The largest absolute Gasteiger partial charge is 0.508 e. The first-order valence-corrected chi connectivity index (χ1v) is 27.2. The SMILES string of the molecule is CC(C)CC(NC(=O)C(Cc1ccc(O)cc1)NC(=O)C(CO)NC(=O)C(CCC(=O)O)NC(=O)C1CCCN1C(=O)C(CC(C)C)NC(=O)C(C)NC(=O)CNC(=O)C(N)CCC(=O)O)C(=O)NC(Cc1c[nH]c2ccccc12)C(=O)O. The van der Waals surface area contributed by atoms with Crippen LogP contribution in [0.25, 0.3) is 10.9 Å². The minimum atomic E-state index is -1.85. The highest BCUT2D eigenvalue weighted by atomic mass is 16.4. The summed E-state index contributed by atoms with van der Waals surface area (Å²) in [6, 6.07) is -0.0583. The number of likely N-dealkylation sites (tertiary alicyclic amines) is 1. The summed E-state index contributed by atoms with van der Waals surface area (Å²) in [6.07, 6.45) is -0.0907. The molecule has 0 aliphatic carbocycles. The van der Waals surface area contributed by atoms with Gasteiger partial charge in [-0.05, 0) is 86.6 Å². The molecule has 0 bridgehead atoms.